The number of nitrogens with zero attached hydrogens (tertiary/aromatic N) is 3. The average Bonchev–Trinajstić information content (AvgIpc) is 3.56. The number of carbonyl (C=O) groups is 4. The minimum atomic E-state index is -3.97. The van der Waals surface area contributed by atoms with E-state index in [-0.39, 0.29) is 27.6 Å². The van der Waals surface area contributed by atoms with Gasteiger partial charge in [0.25, 0.3) is 5.91 Å². The Bertz CT molecular complexity index is 2450. The molecule has 4 N–H and O–H groups in total. The van der Waals surface area contributed by atoms with Gasteiger partial charge in [-0.2, -0.15) is 10.2 Å². The van der Waals surface area contributed by atoms with Crippen LogP contribution in [0.4, 0.5) is 11.4 Å². The zero-order valence-corrected chi connectivity index (χ0v) is 28.4. The molecule has 6 rings (SSSR count). The van der Waals surface area contributed by atoms with Gasteiger partial charge in [0.1, 0.15) is 0 Å². The fourth-order valence-corrected chi connectivity index (χ4v) is 5.85. The summed E-state index contributed by atoms with van der Waals surface area (Å²) < 4.78 is 25.0. The molecule has 0 aliphatic heterocycles. The number of hydrogen-bond acceptors (Lipinski definition) is 9. The third-order valence-corrected chi connectivity index (χ3v) is 8.75. The van der Waals surface area contributed by atoms with Crippen LogP contribution in [0.1, 0.15) is 43.7 Å². The van der Waals surface area contributed by atoms with Crippen LogP contribution in [0, 0.1) is 0 Å². The van der Waals surface area contributed by atoms with E-state index < -0.39 is 33.3 Å². The molecule has 0 atom stereocenters. The Labute approximate surface area is 298 Å². The molecule has 5 aromatic carbocycles. The van der Waals surface area contributed by atoms with Crippen LogP contribution in [0.5, 0.6) is 0 Å². The normalized spacial score (nSPS) is 11.5. The lowest BCUT2D eigenvalue weighted by molar-refractivity contribution is -0.111. The first-order valence-corrected chi connectivity index (χ1v) is 17.3. The number of sulfonamides is 1. The van der Waals surface area contributed by atoms with Crippen molar-refractivity contribution < 1.29 is 27.6 Å². The number of carbonyl (C=O) groups excluding carboxylic acids is 4. The number of anilines is 2. The molecule has 6 aromatic rings. The summed E-state index contributed by atoms with van der Waals surface area (Å²) in [5, 5.41) is 16.8. The van der Waals surface area contributed by atoms with Crippen LogP contribution in [0.3, 0.4) is 0 Å². The molecule has 0 aliphatic carbocycles. The van der Waals surface area contributed by atoms with E-state index in [1.54, 1.807) is 109 Å². The Balaban J connectivity index is 1.47. The highest BCUT2D eigenvalue weighted by Crippen LogP contribution is 2.32. The van der Waals surface area contributed by atoms with Crippen LogP contribution in [0.15, 0.2) is 150 Å². The third-order valence-electron chi connectivity index (χ3n) is 7.82. The van der Waals surface area contributed by atoms with E-state index in [0.29, 0.717) is 33.8 Å². The SMILES string of the molecule is CC(=O)/C(=N\Nc1cccc(-n2nc(C(=O)Nc3ccc(S(N)(=O)=O)cc3)c(C(=O)c3ccccc3)c2-c2ccccc2)c1)C(=O)c1ccccc1. The van der Waals surface area contributed by atoms with Gasteiger partial charge in [0.05, 0.1) is 27.5 Å². The number of ketones is 3. The van der Waals surface area contributed by atoms with Crippen LogP contribution in [0.25, 0.3) is 16.9 Å². The van der Waals surface area contributed by atoms with Crippen molar-refractivity contribution in [1.29, 1.82) is 0 Å². The number of Topliss-reactive ketones (excluding diaryl/α,β-unsaturated/α-hetero) is 2. The van der Waals surface area contributed by atoms with E-state index in [9.17, 15) is 27.6 Å². The largest absolute Gasteiger partial charge is 0.321 e. The molecule has 1 heterocycles. The molecule has 258 valence electrons. The van der Waals surface area contributed by atoms with Gasteiger partial charge in [-0.05, 0) is 42.5 Å². The molecular weight excluding hydrogens is 681 g/mol. The first-order valence-electron chi connectivity index (χ1n) is 15.8. The van der Waals surface area contributed by atoms with Gasteiger partial charge in [0, 0.05) is 29.3 Å². The van der Waals surface area contributed by atoms with Crippen molar-refractivity contribution in [3.8, 4) is 16.9 Å². The molecule has 52 heavy (non-hydrogen) atoms. The molecule has 12 nitrogen and oxygen atoms in total. The summed E-state index contributed by atoms with van der Waals surface area (Å²) in [5.41, 5.74) is 4.85. The molecule has 0 bridgehead atoms. The van der Waals surface area contributed by atoms with Crippen LogP contribution >= 0.6 is 0 Å². The fourth-order valence-electron chi connectivity index (χ4n) is 5.34. The Hall–Kier alpha value is -6.83. The van der Waals surface area contributed by atoms with Gasteiger partial charge < -0.3 is 5.32 Å². The van der Waals surface area contributed by atoms with Gasteiger partial charge in [0.15, 0.2) is 23.0 Å². The molecule has 0 unspecified atom stereocenters. The van der Waals surface area contributed by atoms with Crippen molar-refractivity contribution in [3.05, 3.63) is 162 Å². The minimum Gasteiger partial charge on any atom is -0.321 e. The number of nitrogens with one attached hydrogen (secondary N) is 2. The van der Waals surface area contributed by atoms with Gasteiger partial charge in [-0.15, -0.1) is 0 Å². The van der Waals surface area contributed by atoms with Crippen LogP contribution in [-0.2, 0) is 14.8 Å². The molecule has 1 aromatic heterocycles. The number of hydrazone groups is 1. The number of nitrogens with two attached hydrogens (primary N) is 1. The van der Waals surface area contributed by atoms with Crippen molar-refractivity contribution in [2.75, 3.05) is 10.7 Å². The molecule has 1 amide bonds. The number of amides is 1. The maximum absolute atomic E-state index is 14.3. The molecular formula is C39H30N6O6S. The third kappa shape index (κ3) is 7.65. The number of benzene rings is 5. The van der Waals surface area contributed by atoms with Crippen molar-refractivity contribution in [2.24, 2.45) is 10.2 Å². The quantitative estimate of drug-likeness (QED) is 0.0606. The van der Waals surface area contributed by atoms with Crippen molar-refractivity contribution in [2.45, 2.75) is 11.8 Å². The maximum atomic E-state index is 14.3. The monoisotopic (exact) mass is 710 g/mol. The number of hydrogen-bond donors (Lipinski definition) is 3. The highest BCUT2D eigenvalue weighted by Gasteiger charge is 2.30. The Morgan fingerprint density at radius 2 is 1.31 bits per heavy atom. The second kappa shape index (κ2) is 15.0. The predicted molar refractivity (Wildman–Crippen MR) is 197 cm³/mol. The Morgan fingerprint density at radius 3 is 1.90 bits per heavy atom. The van der Waals surface area contributed by atoms with E-state index in [0.717, 1.165) is 0 Å². The van der Waals surface area contributed by atoms with Crippen LogP contribution in [0.2, 0.25) is 0 Å². The summed E-state index contributed by atoms with van der Waals surface area (Å²) in [7, 11) is -3.97. The molecule has 0 aliphatic rings. The number of primary sulfonamides is 1. The van der Waals surface area contributed by atoms with Gasteiger partial charge in [-0.25, -0.2) is 18.2 Å². The molecule has 0 radical (unpaired) electrons. The summed E-state index contributed by atoms with van der Waals surface area (Å²) >= 11 is 0. The first kappa shape index (κ1) is 35.0. The van der Waals surface area contributed by atoms with Gasteiger partial charge in [-0.3, -0.25) is 24.6 Å². The smallest absolute Gasteiger partial charge is 0.276 e. The Morgan fingerprint density at radius 1 is 0.712 bits per heavy atom. The zero-order valence-electron chi connectivity index (χ0n) is 27.6. The van der Waals surface area contributed by atoms with E-state index in [1.165, 1.54) is 35.9 Å². The van der Waals surface area contributed by atoms with E-state index in [2.05, 4.69) is 20.9 Å². The van der Waals surface area contributed by atoms with Crippen molar-refractivity contribution in [3.63, 3.8) is 0 Å². The number of aromatic nitrogens is 2. The molecule has 0 saturated carbocycles. The van der Waals surface area contributed by atoms with E-state index in [4.69, 9.17) is 5.14 Å². The Kier molecular flexibility index (Phi) is 10.1. The second-order valence-corrected chi connectivity index (χ2v) is 13.0. The van der Waals surface area contributed by atoms with Gasteiger partial charge in [0.2, 0.25) is 15.8 Å². The van der Waals surface area contributed by atoms with Crippen molar-refractivity contribution >= 4 is 50.4 Å². The lowest BCUT2D eigenvalue weighted by atomic mass is 9.97. The summed E-state index contributed by atoms with van der Waals surface area (Å²) in [5.74, 6) is -2.28. The zero-order chi connectivity index (χ0) is 36.8. The summed E-state index contributed by atoms with van der Waals surface area (Å²) in [6.07, 6.45) is 0. The molecule has 0 fully saturated rings. The first-order chi connectivity index (χ1) is 25.0. The minimum absolute atomic E-state index is 0.0137. The maximum Gasteiger partial charge on any atom is 0.276 e. The molecule has 0 spiro atoms. The summed E-state index contributed by atoms with van der Waals surface area (Å²) in [6, 6.07) is 37.6. The topological polar surface area (TPSA) is 183 Å². The fraction of sp³-hybridized carbons (Fsp3) is 0.0256. The highest BCUT2D eigenvalue weighted by atomic mass is 32.2. The van der Waals surface area contributed by atoms with E-state index >= 15 is 0 Å². The van der Waals surface area contributed by atoms with Crippen LogP contribution in [-0.4, -0.2) is 47.2 Å². The van der Waals surface area contributed by atoms with E-state index in [1.807, 2.05) is 6.07 Å². The summed E-state index contributed by atoms with van der Waals surface area (Å²) in [4.78, 5) is 53.7. The predicted octanol–water partition coefficient (Wildman–Crippen LogP) is 5.91. The lowest BCUT2D eigenvalue weighted by Crippen LogP contribution is -2.23. The second-order valence-electron chi connectivity index (χ2n) is 11.4. The van der Waals surface area contributed by atoms with Gasteiger partial charge in [-0.1, -0.05) is 97.1 Å². The van der Waals surface area contributed by atoms with Gasteiger partial charge >= 0.3 is 0 Å². The standard InChI is InChI=1S/C39H30N6O6S/c1-25(46)34(38(48)28-16-9-4-10-17-28)43-42-30-18-11-19-31(24-30)45-36(26-12-5-2-6-13-26)33(37(47)27-14-7-3-8-15-27)35(44-45)39(49)41-29-20-22-32(23-21-29)52(40,50)51/h2-24,42H,1H3,(H,41,49)(H2,40,50,51)/b43-34+. The molecule has 13 heteroatoms. The number of rotatable bonds is 12. The van der Waals surface area contributed by atoms with Crippen LogP contribution < -0.4 is 15.9 Å². The molecule has 0 saturated heterocycles. The average molecular weight is 711 g/mol. The highest BCUT2D eigenvalue weighted by molar-refractivity contribution is 7.89. The summed E-state index contributed by atoms with van der Waals surface area (Å²) in [6.45, 7) is 1.25. The van der Waals surface area contributed by atoms with Crippen molar-refractivity contribution in [1.82, 2.24) is 9.78 Å². The lowest BCUT2D eigenvalue weighted by Gasteiger charge is -2.12.